The minimum absolute atomic E-state index is 0.0947. The van der Waals surface area contributed by atoms with Gasteiger partial charge in [0.15, 0.2) is 5.13 Å². The molecule has 1 amide bonds. The van der Waals surface area contributed by atoms with Gasteiger partial charge in [-0.2, -0.15) is 0 Å². The van der Waals surface area contributed by atoms with Crippen LogP contribution in [0, 0.1) is 5.92 Å². The molecule has 26 heavy (non-hydrogen) atoms. The van der Waals surface area contributed by atoms with Crippen molar-refractivity contribution in [1.82, 2.24) is 19.7 Å². The van der Waals surface area contributed by atoms with Gasteiger partial charge in [0.1, 0.15) is 0 Å². The Morgan fingerprint density at radius 1 is 1.31 bits per heavy atom. The van der Waals surface area contributed by atoms with Crippen LogP contribution in [0.2, 0.25) is 0 Å². The highest BCUT2D eigenvalue weighted by Crippen LogP contribution is 2.21. The van der Waals surface area contributed by atoms with E-state index in [0.29, 0.717) is 6.04 Å². The number of hydrogen-bond donors (Lipinski definition) is 1. The number of piperazine rings is 1. The van der Waals surface area contributed by atoms with Crippen molar-refractivity contribution in [2.24, 2.45) is 5.92 Å². The lowest BCUT2D eigenvalue weighted by Gasteiger charge is -2.35. The Bertz CT molecular complexity index is 582. The Labute approximate surface area is 161 Å². The number of anilines is 1. The van der Waals surface area contributed by atoms with Crippen molar-refractivity contribution in [2.45, 2.75) is 46.2 Å². The van der Waals surface area contributed by atoms with Crippen LogP contribution < -0.4 is 5.32 Å². The van der Waals surface area contributed by atoms with Crippen LogP contribution in [0.15, 0.2) is 5.38 Å². The number of likely N-dealkylation sites (tertiary alicyclic amines) is 1. The second kappa shape index (κ2) is 9.15. The van der Waals surface area contributed by atoms with E-state index in [9.17, 15) is 4.79 Å². The predicted octanol–water partition coefficient (Wildman–Crippen LogP) is 2.34. The van der Waals surface area contributed by atoms with Gasteiger partial charge >= 0.3 is 0 Å². The van der Waals surface area contributed by atoms with Crippen molar-refractivity contribution in [1.29, 1.82) is 0 Å². The van der Waals surface area contributed by atoms with Crippen molar-refractivity contribution in [3.05, 3.63) is 11.1 Å². The van der Waals surface area contributed by atoms with Gasteiger partial charge in [0.05, 0.1) is 5.69 Å². The Kier molecular flexibility index (Phi) is 6.89. The third-order valence-corrected chi connectivity index (χ3v) is 6.36. The summed E-state index contributed by atoms with van der Waals surface area (Å²) in [7, 11) is 0. The van der Waals surface area contributed by atoms with Gasteiger partial charge in [-0.15, -0.1) is 11.3 Å². The second-order valence-electron chi connectivity index (χ2n) is 7.71. The zero-order valence-corrected chi connectivity index (χ0v) is 17.2. The highest BCUT2D eigenvalue weighted by molar-refractivity contribution is 7.13. The van der Waals surface area contributed by atoms with E-state index in [1.807, 2.05) is 18.7 Å². The minimum atomic E-state index is 0.0947. The number of likely N-dealkylation sites (N-methyl/N-ethyl adjacent to an activating group) is 1. The average Bonchev–Trinajstić information content (AvgIpc) is 3.28. The quantitative estimate of drug-likeness (QED) is 0.788. The van der Waals surface area contributed by atoms with E-state index < -0.39 is 0 Å². The van der Waals surface area contributed by atoms with Gasteiger partial charge in [-0.3, -0.25) is 14.6 Å². The summed E-state index contributed by atoms with van der Waals surface area (Å²) in [5.74, 6) is 0.370. The van der Waals surface area contributed by atoms with E-state index >= 15 is 0 Å². The molecular formula is C19H33N5OS. The van der Waals surface area contributed by atoms with Crippen molar-refractivity contribution in [3.63, 3.8) is 0 Å². The van der Waals surface area contributed by atoms with Crippen molar-refractivity contribution in [3.8, 4) is 0 Å². The summed E-state index contributed by atoms with van der Waals surface area (Å²) < 4.78 is 0. The molecule has 2 aliphatic rings. The normalized spacial score (nSPS) is 22.3. The summed E-state index contributed by atoms with van der Waals surface area (Å²) in [5.41, 5.74) is 1.14. The monoisotopic (exact) mass is 379 g/mol. The number of carbonyl (C=O) groups excluding carboxylic acids is 1. The van der Waals surface area contributed by atoms with Crippen molar-refractivity contribution < 1.29 is 4.79 Å². The molecule has 0 spiro atoms. The van der Waals surface area contributed by atoms with Crippen molar-refractivity contribution >= 4 is 22.4 Å². The molecule has 6 nitrogen and oxygen atoms in total. The Morgan fingerprint density at radius 3 is 2.77 bits per heavy atom. The molecule has 1 atom stereocenters. The van der Waals surface area contributed by atoms with Crippen LogP contribution in [0.3, 0.4) is 0 Å². The van der Waals surface area contributed by atoms with Crippen LogP contribution in [-0.2, 0) is 11.3 Å². The second-order valence-corrected chi connectivity index (χ2v) is 8.56. The average molecular weight is 380 g/mol. The number of aromatic nitrogens is 1. The molecule has 146 valence electrons. The van der Waals surface area contributed by atoms with Crippen LogP contribution in [0.4, 0.5) is 5.13 Å². The molecule has 0 bridgehead atoms. The van der Waals surface area contributed by atoms with E-state index in [1.54, 1.807) is 11.3 Å². The van der Waals surface area contributed by atoms with Gasteiger partial charge in [0, 0.05) is 56.6 Å². The van der Waals surface area contributed by atoms with Crippen LogP contribution in [-0.4, -0.2) is 77.4 Å². The van der Waals surface area contributed by atoms with Crippen LogP contribution in [0.5, 0.6) is 0 Å². The molecule has 1 unspecified atom stereocenters. The summed E-state index contributed by atoms with van der Waals surface area (Å²) in [4.78, 5) is 23.8. The number of hydrogen-bond acceptors (Lipinski definition) is 6. The summed E-state index contributed by atoms with van der Waals surface area (Å²) in [5, 5.41) is 6.74. The number of rotatable bonds is 7. The van der Waals surface area contributed by atoms with Gasteiger partial charge in [0.25, 0.3) is 0 Å². The first-order valence-electron chi connectivity index (χ1n) is 10.00. The number of thiazole rings is 1. The first kappa shape index (κ1) is 19.6. The van der Waals surface area contributed by atoms with Gasteiger partial charge in [-0.1, -0.05) is 20.8 Å². The fourth-order valence-electron chi connectivity index (χ4n) is 3.93. The molecule has 2 fully saturated rings. The summed E-state index contributed by atoms with van der Waals surface area (Å²) in [6, 6.07) is 0.652. The number of nitrogens with zero attached hydrogens (tertiary/aromatic N) is 4. The maximum atomic E-state index is 12.1. The third kappa shape index (κ3) is 4.96. The number of carbonyl (C=O) groups is 1. The number of amides is 1. The third-order valence-electron chi connectivity index (χ3n) is 5.51. The zero-order chi connectivity index (χ0) is 18.5. The van der Waals surface area contributed by atoms with Gasteiger partial charge in [-0.05, 0) is 25.9 Å². The molecule has 0 saturated carbocycles. The van der Waals surface area contributed by atoms with Gasteiger partial charge in [-0.25, -0.2) is 4.98 Å². The van der Waals surface area contributed by atoms with E-state index in [4.69, 9.17) is 4.98 Å². The smallest absolute Gasteiger partial charge is 0.225 e. The Balaban J connectivity index is 1.42. The summed E-state index contributed by atoms with van der Waals surface area (Å²) in [6.45, 7) is 14.0. The molecule has 1 aromatic rings. The Morgan fingerprint density at radius 2 is 2.08 bits per heavy atom. The molecule has 3 rings (SSSR count). The van der Waals surface area contributed by atoms with Crippen LogP contribution >= 0.6 is 11.3 Å². The molecule has 1 aromatic heterocycles. The molecule has 0 radical (unpaired) electrons. The first-order chi connectivity index (χ1) is 12.6. The minimum Gasteiger partial charge on any atom is -0.360 e. The molecular weight excluding hydrogens is 346 g/mol. The van der Waals surface area contributed by atoms with Gasteiger partial charge < -0.3 is 10.2 Å². The first-order valence-corrected chi connectivity index (χ1v) is 10.9. The molecule has 7 heteroatoms. The van der Waals surface area contributed by atoms with E-state index in [1.165, 1.54) is 19.4 Å². The summed E-state index contributed by atoms with van der Waals surface area (Å²) in [6.07, 6.45) is 2.60. The standard InChI is InChI=1S/C19H33N5OS/c1-4-23-7-5-6-17(23)12-20-19-21-16(14-26-19)13-22-8-10-24(11-9-22)18(25)15(2)3/h14-15,17H,4-13H2,1-3H3,(H,20,21). The van der Waals surface area contributed by atoms with E-state index in [2.05, 4.69) is 27.4 Å². The van der Waals surface area contributed by atoms with Crippen LogP contribution in [0.1, 0.15) is 39.3 Å². The molecule has 2 saturated heterocycles. The fraction of sp³-hybridized carbons (Fsp3) is 0.789. The zero-order valence-electron chi connectivity index (χ0n) is 16.4. The Hall–Kier alpha value is -1.18. The molecule has 1 N–H and O–H groups in total. The topological polar surface area (TPSA) is 51.7 Å². The van der Waals surface area contributed by atoms with Crippen molar-refractivity contribution in [2.75, 3.05) is 51.1 Å². The fourth-order valence-corrected chi connectivity index (χ4v) is 4.64. The summed E-state index contributed by atoms with van der Waals surface area (Å²) >= 11 is 1.71. The molecule has 0 aromatic carbocycles. The van der Waals surface area contributed by atoms with E-state index in [0.717, 1.165) is 56.6 Å². The predicted molar refractivity (Wildman–Crippen MR) is 108 cm³/mol. The maximum Gasteiger partial charge on any atom is 0.225 e. The lowest BCUT2D eigenvalue weighted by molar-refractivity contribution is -0.136. The maximum absolute atomic E-state index is 12.1. The number of nitrogens with one attached hydrogen (secondary N) is 1. The largest absolute Gasteiger partial charge is 0.360 e. The lowest BCUT2D eigenvalue weighted by atomic mass is 10.1. The highest BCUT2D eigenvalue weighted by atomic mass is 32.1. The highest BCUT2D eigenvalue weighted by Gasteiger charge is 2.24. The molecule has 0 aliphatic carbocycles. The molecule has 3 heterocycles. The van der Waals surface area contributed by atoms with Gasteiger partial charge in [0.2, 0.25) is 5.91 Å². The van der Waals surface area contributed by atoms with Crippen LogP contribution in [0.25, 0.3) is 0 Å². The SMILES string of the molecule is CCN1CCCC1CNc1nc(CN2CCN(C(=O)C(C)C)CC2)cs1. The van der Waals surface area contributed by atoms with E-state index in [-0.39, 0.29) is 11.8 Å². The molecule has 2 aliphatic heterocycles. The lowest BCUT2D eigenvalue weighted by Crippen LogP contribution is -2.49.